The molecular weight excluding hydrogens is 198 g/mol. The van der Waals surface area contributed by atoms with E-state index in [0.29, 0.717) is 0 Å². The lowest BCUT2D eigenvalue weighted by Gasteiger charge is -2.19. The van der Waals surface area contributed by atoms with E-state index in [2.05, 4.69) is 44.0 Å². The van der Waals surface area contributed by atoms with E-state index in [-0.39, 0.29) is 12.0 Å². The number of hydrogen-bond acceptors (Lipinski definition) is 2. The summed E-state index contributed by atoms with van der Waals surface area (Å²) >= 11 is 0. The minimum Gasteiger partial charge on any atom is -0.390 e. The minimum absolute atomic E-state index is 0.00773. The zero-order valence-electron chi connectivity index (χ0n) is 9.99. The van der Waals surface area contributed by atoms with E-state index in [9.17, 15) is 5.11 Å². The summed E-state index contributed by atoms with van der Waals surface area (Å²) < 4.78 is 0. The molecule has 2 nitrogen and oxygen atoms in total. The Labute approximate surface area is 96.0 Å². The van der Waals surface area contributed by atoms with E-state index in [1.165, 1.54) is 5.56 Å². The van der Waals surface area contributed by atoms with Gasteiger partial charge in [-0.15, -0.1) is 0 Å². The fraction of sp³-hybridized carbons (Fsp3) is 0.357. The molecule has 0 fully saturated rings. The van der Waals surface area contributed by atoms with E-state index >= 15 is 0 Å². The molecule has 16 heavy (non-hydrogen) atoms. The topological polar surface area (TPSA) is 33.1 Å². The summed E-state index contributed by atoms with van der Waals surface area (Å²) in [5.74, 6) is 0. The summed E-state index contributed by atoms with van der Waals surface area (Å²) in [6.07, 6.45) is 1.75. The average Bonchev–Trinajstić information content (AvgIpc) is 2.26. The third-order valence-electron chi connectivity index (χ3n) is 2.86. The predicted octanol–water partition coefficient (Wildman–Crippen LogP) is 3.02. The number of benzene rings is 1. The van der Waals surface area contributed by atoms with Crippen molar-refractivity contribution in [2.75, 3.05) is 0 Å². The number of hydrogen-bond donors (Lipinski definition) is 1. The van der Waals surface area contributed by atoms with Crippen molar-refractivity contribution < 1.29 is 5.11 Å². The molecule has 0 aliphatic rings. The van der Waals surface area contributed by atoms with Crippen LogP contribution < -0.4 is 0 Å². The van der Waals surface area contributed by atoms with Crippen LogP contribution in [0.1, 0.15) is 32.0 Å². The van der Waals surface area contributed by atoms with E-state index in [0.717, 1.165) is 16.5 Å². The number of aromatic nitrogens is 1. The number of fused-ring (bicyclic) bond motifs is 1. The normalized spacial score (nSPS) is 12.0. The summed E-state index contributed by atoms with van der Waals surface area (Å²) in [4.78, 5) is 4.17. The van der Waals surface area contributed by atoms with Crippen molar-refractivity contribution in [1.82, 2.24) is 4.98 Å². The highest BCUT2D eigenvalue weighted by Crippen LogP contribution is 2.26. The van der Waals surface area contributed by atoms with Crippen molar-refractivity contribution in [2.45, 2.75) is 32.8 Å². The molecule has 0 saturated heterocycles. The fourth-order valence-corrected chi connectivity index (χ4v) is 1.83. The van der Waals surface area contributed by atoms with Crippen molar-refractivity contribution >= 4 is 10.8 Å². The molecular formula is C14H17NO. The Morgan fingerprint density at radius 2 is 1.94 bits per heavy atom. The first kappa shape index (κ1) is 11.1. The van der Waals surface area contributed by atoms with Crippen LogP contribution in [0.15, 0.2) is 30.5 Å². The molecule has 84 valence electrons. The predicted molar refractivity (Wildman–Crippen MR) is 66.4 cm³/mol. The van der Waals surface area contributed by atoms with Gasteiger partial charge in [0.1, 0.15) is 0 Å². The number of aliphatic hydroxyl groups is 1. The third-order valence-corrected chi connectivity index (χ3v) is 2.86. The Kier molecular flexibility index (Phi) is 2.68. The van der Waals surface area contributed by atoms with Crippen molar-refractivity contribution in [3.05, 3.63) is 41.7 Å². The lowest BCUT2D eigenvalue weighted by molar-refractivity contribution is 0.278. The van der Waals surface area contributed by atoms with Crippen molar-refractivity contribution in [3.63, 3.8) is 0 Å². The SMILES string of the molecule is CC(C)(C)c1ccc2c(CO)nccc2c1. The van der Waals surface area contributed by atoms with Crippen LogP contribution in [0.2, 0.25) is 0 Å². The first-order valence-electron chi connectivity index (χ1n) is 5.51. The molecule has 2 rings (SSSR count). The standard InChI is InChI=1S/C14H17NO/c1-14(2,3)11-4-5-12-10(8-11)6-7-15-13(12)9-16/h4-8,16H,9H2,1-3H3. The van der Waals surface area contributed by atoms with Crippen LogP contribution in [0.4, 0.5) is 0 Å². The molecule has 1 aromatic heterocycles. The van der Waals surface area contributed by atoms with Gasteiger partial charge in [0.05, 0.1) is 12.3 Å². The summed E-state index contributed by atoms with van der Waals surface area (Å²) in [6, 6.07) is 8.33. The summed E-state index contributed by atoms with van der Waals surface area (Å²) in [7, 11) is 0. The summed E-state index contributed by atoms with van der Waals surface area (Å²) in [6.45, 7) is 6.58. The van der Waals surface area contributed by atoms with Crippen LogP contribution in [0.3, 0.4) is 0 Å². The Morgan fingerprint density at radius 1 is 1.19 bits per heavy atom. The summed E-state index contributed by atoms with van der Waals surface area (Å²) in [5, 5.41) is 11.4. The first-order valence-corrected chi connectivity index (χ1v) is 5.51. The van der Waals surface area contributed by atoms with Gasteiger partial charge in [0.2, 0.25) is 0 Å². The molecule has 0 atom stereocenters. The number of pyridine rings is 1. The molecule has 0 spiro atoms. The summed E-state index contributed by atoms with van der Waals surface area (Å²) in [5.41, 5.74) is 2.20. The highest BCUT2D eigenvalue weighted by molar-refractivity contribution is 5.85. The van der Waals surface area contributed by atoms with Crippen molar-refractivity contribution in [1.29, 1.82) is 0 Å². The molecule has 0 bridgehead atoms. The lowest BCUT2D eigenvalue weighted by atomic mass is 9.86. The molecule has 0 aliphatic heterocycles. The second-order valence-electron chi connectivity index (χ2n) is 5.10. The van der Waals surface area contributed by atoms with Crippen LogP contribution in [0.25, 0.3) is 10.8 Å². The number of nitrogens with zero attached hydrogens (tertiary/aromatic N) is 1. The number of aliphatic hydroxyl groups excluding tert-OH is 1. The Morgan fingerprint density at radius 3 is 2.56 bits per heavy atom. The smallest absolute Gasteiger partial charge is 0.0859 e. The van der Waals surface area contributed by atoms with Gasteiger partial charge in [-0.3, -0.25) is 4.98 Å². The maximum atomic E-state index is 9.20. The van der Waals surface area contributed by atoms with Gasteiger partial charge in [-0.2, -0.15) is 0 Å². The van der Waals surface area contributed by atoms with E-state index in [4.69, 9.17) is 0 Å². The molecule has 0 amide bonds. The first-order chi connectivity index (χ1) is 7.52. The van der Waals surface area contributed by atoms with Crippen LogP contribution in [-0.4, -0.2) is 10.1 Å². The van der Waals surface area contributed by atoms with Crippen molar-refractivity contribution in [2.24, 2.45) is 0 Å². The van der Waals surface area contributed by atoms with Crippen molar-refractivity contribution in [3.8, 4) is 0 Å². The average molecular weight is 215 g/mol. The van der Waals surface area contributed by atoms with E-state index in [1.807, 2.05) is 6.07 Å². The largest absolute Gasteiger partial charge is 0.390 e. The van der Waals surface area contributed by atoms with Crippen LogP contribution in [-0.2, 0) is 12.0 Å². The van der Waals surface area contributed by atoms with E-state index < -0.39 is 0 Å². The van der Waals surface area contributed by atoms with Gasteiger partial charge in [0.15, 0.2) is 0 Å². The second kappa shape index (κ2) is 3.87. The van der Waals surface area contributed by atoms with Gasteiger partial charge in [0.25, 0.3) is 0 Å². The van der Waals surface area contributed by atoms with Crippen LogP contribution >= 0.6 is 0 Å². The Bertz CT molecular complexity index is 512. The third kappa shape index (κ3) is 1.93. The zero-order chi connectivity index (χ0) is 11.8. The quantitative estimate of drug-likeness (QED) is 0.793. The fourth-order valence-electron chi connectivity index (χ4n) is 1.83. The van der Waals surface area contributed by atoms with Gasteiger partial charge in [0, 0.05) is 11.6 Å². The number of rotatable bonds is 1. The Balaban J connectivity index is 2.64. The maximum absolute atomic E-state index is 9.20. The lowest BCUT2D eigenvalue weighted by Crippen LogP contribution is -2.10. The maximum Gasteiger partial charge on any atom is 0.0859 e. The molecule has 2 heteroatoms. The Hall–Kier alpha value is -1.41. The molecule has 0 saturated carbocycles. The molecule has 1 aromatic carbocycles. The molecule has 0 radical (unpaired) electrons. The van der Waals surface area contributed by atoms with Gasteiger partial charge in [-0.25, -0.2) is 0 Å². The molecule has 1 N–H and O–H groups in total. The monoisotopic (exact) mass is 215 g/mol. The van der Waals surface area contributed by atoms with Gasteiger partial charge < -0.3 is 5.11 Å². The van der Waals surface area contributed by atoms with Crippen LogP contribution in [0, 0.1) is 0 Å². The van der Waals surface area contributed by atoms with Gasteiger partial charge in [-0.05, 0) is 22.4 Å². The van der Waals surface area contributed by atoms with E-state index in [1.54, 1.807) is 6.20 Å². The second-order valence-corrected chi connectivity index (χ2v) is 5.10. The van der Waals surface area contributed by atoms with Crippen LogP contribution in [0.5, 0.6) is 0 Å². The molecule has 1 heterocycles. The highest BCUT2D eigenvalue weighted by Gasteiger charge is 2.14. The molecule has 0 aliphatic carbocycles. The van der Waals surface area contributed by atoms with Gasteiger partial charge >= 0.3 is 0 Å². The van der Waals surface area contributed by atoms with Gasteiger partial charge in [-0.1, -0.05) is 39.0 Å². The molecule has 2 aromatic rings. The molecule has 0 unspecified atom stereocenters. The minimum atomic E-state index is -0.00773. The highest BCUT2D eigenvalue weighted by atomic mass is 16.3. The zero-order valence-corrected chi connectivity index (χ0v) is 9.99.